The zero-order valence-corrected chi connectivity index (χ0v) is 15.3. The predicted octanol–water partition coefficient (Wildman–Crippen LogP) is 1.38. The van der Waals surface area contributed by atoms with Crippen LogP contribution in [-0.4, -0.2) is 75.8 Å². The molecule has 2 aromatic rings. The van der Waals surface area contributed by atoms with E-state index in [0.29, 0.717) is 37.6 Å². The number of pyridine rings is 1. The summed E-state index contributed by atoms with van der Waals surface area (Å²) in [6.07, 6.45) is 4.70. The van der Waals surface area contributed by atoms with Gasteiger partial charge in [0.15, 0.2) is 0 Å². The van der Waals surface area contributed by atoms with Crippen LogP contribution in [0.3, 0.4) is 0 Å². The second-order valence-electron chi connectivity index (χ2n) is 7.15. The van der Waals surface area contributed by atoms with Crippen LogP contribution in [0.5, 0.6) is 0 Å². The zero-order chi connectivity index (χ0) is 18.8. The molecular weight excluding hydrogens is 348 g/mol. The zero-order valence-electron chi connectivity index (χ0n) is 15.3. The number of hydrogen-bond acceptors (Lipinski definition) is 6. The summed E-state index contributed by atoms with van der Waals surface area (Å²) >= 11 is 0. The molecule has 2 aliphatic rings. The van der Waals surface area contributed by atoms with Crippen LogP contribution < -0.4 is 4.90 Å². The Hall–Kier alpha value is -2.68. The SMILES string of the molecule is O=C(CN1CCCN(c2nc3ccccn3c2[N+](=O)[O-])CC1)N1CCCC1. The van der Waals surface area contributed by atoms with Crippen LogP contribution >= 0.6 is 0 Å². The molecule has 9 heteroatoms. The summed E-state index contributed by atoms with van der Waals surface area (Å²) in [6, 6.07) is 5.36. The minimum Gasteiger partial charge on any atom is -0.358 e. The number of nitrogens with zero attached hydrogens (tertiary/aromatic N) is 6. The fourth-order valence-corrected chi connectivity index (χ4v) is 3.95. The topological polar surface area (TPSA) is 87.2 Å². The number of hydrogen-bond donors (Lipinski definition) is 0. The van der Waals surface area contributed by atoms with E-state index in [1.807, 2.05) is 15.9 Å². The Labute approximate surface area is 157 Å². The van der Waals surface area contributed by atoms with E-state index < -0.39 is 0 Å². The van der Waals surface area contributed by atoms with Crippen LogP contribution in [0, 0.1) is 10.1 Å². The van der Waals surface area contributed by atoms with Crippen LogP contribution in [0.2, 0.25) is 0 Å². The third-order valence-electron chi connectivity index (χ3n) is 5.37. The van der Waals surface area contributed by atoms with Gasteiger partial charge in [0.1, 0.15) is 0 Å². The molecule has 0 atom stereocenters. The third-order valence-corrected chi connectivity index (χ3v) is 5.37. The van der Waals surface area contributed by atoms with Gasteiger partial charge in [0.2, 0.25) is 17.4 Å². The number of rotatable bonds is 4. The number of likely N-dealkylation sites (tertiary alicyclic amines) is 1. The molecule has 2 fully saturated rings. The van der Waals surface area contributed by atoms with Crippen molar-refractivity contribution in [3.63, 3.8) is 0 Å². The molecule has 0 aliphatic carbocycles. The second-order valence-corrected chi connectivity index (χ2v) is 7.15. The summed E-state index contributed by atoms with van der Waals surface area (Å²) in [5, 5.41) is 11.6. The van der Waals surface area contributed by atoms with Gasteiger partial charge in [0, 0.05) is 45.3 Å². The highest BCUT2D eigenvalue weighted by Crippen LogP contribution is 2.29. The summed E-state index contributed by atoms with van der Waals surface area (Å²) in [4.78, 5) is 34.3. The molecule has 4 rings (SSSR count). The lowest BCUT2D eigenvalue weighted by molar-refractivity contribution is -0.389. The predicted molar refractivity (Wildman–Crippen MR) is 101 cm³/mol. The molecule has 1 amide bonds. The number of carbonyl (C=O) groups is 1. The maximum absolute atomic E-state index is 12.4. The van der Waals surface area contributed by atoms with Gasteiger partial charge in [0.05, 0.1) is 12.7 Å². The maximum atomic E-state index is 12.4. The van der Waals surface area contributed by atoms with Crippen molar-refractivity contribution in [3.8, 4) is 0 Å². The lowest BCUT2D eigenvalue weighted by Gasteiger charge is -2.23. The first-order valence-electron chi connectivity index (χ1n) is 9.50. The van der Waals surface area contributed by atoms with Gasteiger partial charge in [-0.15, -0.1) is 0 Å². The van der Waals surface area contributed by atoms with Gasteiger partial charge in [-0.2, -0.15) is 9.38 Å². The van der Waals surface area contributed by atoms with Crippen LogP contribution in [0.4, 0.5) is 11.6 Å². The first-order chi connectivity index (χ1) is 13.1. The smallest absolute Gasteiger partial charge is 0.358 e. The van der Waals surface area contributed by atoms with Crippen molar-refractivity contribution in [2.45, 2.75) is 19.3 Å². The van der Waals surface area contributed by atoms with Crippen molar-refractivity contribution >= 4 is 23.2 Å². The number of nitro groups is 1. The Kier molecular flexibility index (Phi) is 4.93. The average molecular weight is 372 g/mol. The summed E-state index contributed by atoms with van der Waals surface area (Å²) in [6.45, 7) is 5.00. The van der Waals surface area contributed by atoms with Gasteiger partial charge >= 0.3 is 5.82 Å². The summed E-state index contributed by atoms with van der Waals surface area (Å²) in [7, 11) is 0. The van der Waals surface area contributed by atoms with E-state index in [4.69, 9.17) is 0 Å². The highest BCUT2D eigenvalue weighted by Gasteiger charge is 2.29. The van der Waals surface area contributed by atoms with Crippen LogP contribution in [0.15, 0.2) is 24.4 Å². The molecule has 0 bridgehead atoms. The monoisotopic (exact) mass is 372 g/mol. The first kappa shape index (κ1) is 17.7. The van der Waals surface area contributed by atoms with Crippen molar-refractivity contribution in [2.24, 2.45) is 0 Å². The van der Waals surface area contributed by atoms with E-state index in [0.717, 1.165) is 38.9 Å². The highest BCUT2D eigenvalue weighted by molar-refractivity contribution is 5.78. The molecule has 0 aromatic carbocycles. The highest BCUT2D eigenvalue weighted by atomic mass is 16.6. The van der Waals surface area contributed by atoms with Gasteiger partial charge in [-0.05, 0) is 30.3 Å². The van der Waals surface area contributed by atoms with Crippen molar-refractivity contribution in [3.05, 3.63) is 34.5 Å². The van der Waals surface area contributed by atoms with E-state index in [2.05, 4.69) is 9.88 Å². The average Bonchev–Trinajstić information content (AvgIpc) is 3.26. The minimum absolute atomic E-state index is 0.00666. The molecule has 4 heterocycles. The molecule has 2 saturated heterocycles. The van der Waals surface area contributed by atoms with Gasteiger partial charge < -0.3 is 19.9 Å². The summed E-state index contributed by atoms with van der Waals surface area (Å²) in [5.41, 5.74) is 0.574. The van der Waals surface area contributed by atoms with Crippen LogP contribution in [0.1, 0.15) is 19.3 Å². The summed E-state index contributed by atoms with van der Waals surface area (Å²) < 4.78 is 1.52. The van der Waals surface area contributed by atoms with E-state index in [1.54, 1.807) is 18.3 Å². The maximum Gasteiger partial charge on any atom is 0.372 e. The number of fused-ring (bicyclic) bond motifs is 1. The number of imidazole rings is 1. The lowest BCUT2D eigenvalue weighted by Crippen LogP contribution is -2.40. The Morgan fingerprint density at radius 1 is 1.07 bits per heavy atom. The fraction of sp³-hybridized carbons (Fsp3) is 0.556. The Morgan fingerprint density at radius 3 is 2.67 bits per heavy atom. The molecule has 2 aliphatic heterocycles. The van der Waals surface area contributed by atoms with Gasteiger partial charge in [-0.1, -0.05) is 6.07 Å². The summed E-state index contributed by atoms with van der Waals surface area (Å²) in [5.74, 6) is 0.616. The Bertz CT molecular complexity index is 845. The molecule has 0 spiro atoms. The van der Waals surface area contributed by atoms with Gasteiger partial charge in [0.25, 0.3) is 0 Å². The molecule has 0 unspecified atom stereocenters. The number of aromatic nitrogens is 2. The minimum atomic E-state index is -0.366. The largest absolute Gasteiger partial charge is 0.372 e. The van der Waals surface area contributed by atoms with Crippen molar-refractivity contribution < 1.29 is 9.72 Å². The number of carbonyl (C=O) groups excluding carboxylic acids is 1. The molecule has 27 heavy (non-hydrogen) atoms. The molecule has 0 saturated carbocycles. The quantitative estimate of drug-likeness (QED) is 0.595. The Morgan fingerprint density at radius 2 is 1.89 bits per heavy atom. The Balaban J connectivity index is 1.48. The van der Waals surface area contributed by atoms with Crippen LogP contribution in [-0.2, 0) is 4.79 Å². The van der Waals surface area contributed by atoms with Gasteiger partial charge in [-0.3, -0.25) is 9.69 Å². The fourth-order valence-electron chi connectivity index (χ4n) is 3.95. The molecular formula is C18H24N6O3. The van der Waals surface area contributed by atoms with E-state index in [1.165, 1.54) is 4.40 Å². The first-order valence-corrected chi connectivity index (χ1v) is 9.50. The number of anilines is 1. The van der Waals surface area contributed by atoms with Gasteiger partial charge in [-0.25, -0.2) is 0 Å². The molecule has 144 valence electrons. The number of amides is 1. The van der Waals surface area contributed by atoms with E-state index in [-0.39, 0.29) is 16.6 Å². The lowest BCUT2D eigenvalue weighted by atomic mass is 10.3. The van der Waals surface area contributed by atoms with E-state index in [9.17, 15) is 14.9 Å². The molecule has 2 aromatic heterocycles. The molecule has 9 nitrogen and oxygen atoms in total. The van der Waals surface area contributed by atoms with Crippen LogP contribution in [0.25, 0.3) is 5.65 Å². The van der Waals surface area contributed by atoms with E-state index >= 15 is 0 Å². The third kappa shape index (κ3) is 3.59. The van der Waals surface area contributed by atoms with Crippen molar-refractivity contribution in [1.82, 2.24) is 19.2 Å². The normalized spacial score (nSPS) is 18.8. The van der Waals surface area contributed by atoms with Crippen molar-refractivity contribution in [1.29, 1.82) is 0 Å². The molecule has 0 radical (unpaired) electrons. The second kappa shape index (κ2) is 7.51. The standard InChI is InChI=1S/C18H24N6O3/c25-16(21-8-3-4-9-21)14-20-7-5-10-22(13-12-20)17-18(24(26)27)23-11-2-1-6-15(23)19-17/h1-2,6,11H,3-5,7-10,12-14H2. The molecule has 0 N–H and O–H groups in total. The van der Waals surface area contributed by atoms with Crippen molar-refractivity contribution in [2.75, 3.05) is 50.7 Å².